The maximum absolute atomic E-state index is 11.2. The maximum atomic E-state index is 11.2. The molecule has 1 N–H and O–H groups in total. The molecule has 0 aliphatic rings. The summed E-state index contributed by atoms with van der Waals surface area (Å²) in [7, 11) is 1.58. The molecule has 0 aliphatic heterocycles. The van der Waals surface area contributed by atoms with E-state index in [0.29, 0.717) is 6.61 Å². The molecule has 0 bridgehead atoms. The molecule has 0 aromatic rings. The molecule has 0 heterocycles. The third-order valence-corrected chi connectivity index (χ3v) is 3.05. The van der Waals surface area contributed by atoms with E-state index in [2.05, 4.69) is 6.08 Å². The van der Waals surface area contributed by atoms with E-state index in [9.17, 15) is 9.59 Å². The van der Waals surface area contributed by atoms with E-state index in [0.717, 1.165) is 24.0 Å². The van der Waals surface area contributed by atoms with Gasteiger partial charge in [-0.25, -0.2) is 0 Å². The van der Waals surface area contributed by atoms with Gasteiger partial charge in [0.15, 0.2) is 0 Å². The van der Waals surface area contributed by atoms with Crippen LogP contribution in [0.2, 0.25) is 0 Å². The number of rotatable bonds is 11. The molecule has 0 fully saturated rings. The first-order chi connectivity index (χ1) is 9.88. The van der Waals surface area contributed by atoms with E-state index in [1.165, 1.54) is 6.92 Å². The summed E-state index contributed by atoms with van der Waals surface area (Å²) in [5.41, 5.74) is 2.22. The Hall–Kier alpha value is -1.46. The van der Waals surface area contributed by atoms with Crippen LogP contribution in [0.3, 0.4) is 0 Å². The van der Waals surface area contributed by atoms with Crippen LogP contribution in [0.1, 0.15) is 40.0 Å². The normalized spacial score (nSPS) is 14.1. The van der Waals surface area contributed by atoms with E-state index < -0.39 is 11.9 Å². The molecule has 0 radical (unpaired) electrons. The zero-order valence-corrected chi connectivity index (χ0v) is 13.3. The number of carbonyl (C=O) groups is 2. The summed E-state index contributed by atoms with van der Waals surface area (Å²) in [5, 5.41) is 8.92. The molecule has 120 valence electrons. The molecule has 0 aliphatic carbocycles. The van der Waals surface area contributed by atoms with E-state index in [-0.39, 0.29) is 19.0 Å². The predicted molar refractivity (Wildman–Crippen MR) is 81.0 cm³/mol. The van der Waals surface area contributed by atoms with Crippen LogP contribution in [0.15, 0.2) is 23.3 Å². The predicted octanol–water partition coefficient (Wildman–Crippen LogP) is 2.96. The van der Waals surface area contributed by atoms with Crippen LogP contribution in [0.4, 0.5) is 0 Å². The fourth-order valence-electron chi connectivity index (χ4n) is 1.75. The monoisotopic (exact) mass is 298 g/mol. The number of aliphatic carboxylic acids is 1. The van der Waals surface area contributed by atoms with Gasteiger partial charge in [-0.05, 0) is 40.0 Å². The second-order valence-electron chi connectivity index (χ2n) is 5.13. The van der Waals surface area contributed by atoms with Gasteiger partial charge in [0.2, 0.25) is 0 Å². The average molecular weight is 298 g/mol. The number of hydrogen-bond donors (Lipinski definition) is 1. The third-order valence-electron chi connectivity index (χ3n) is 3.05. The van der Waals surface area contributed by atoms with Crippen LogP contribution >= 0.6 is 0 Å². The smallest absolute Gasteiger partial charge is 0.314 e. The standard InChI is InChI=1S/C16H26O5/c1-12(8-9-15(14(3)17)16(18)19)6-5-7-13(2)10-21-11-20-4/h7-8,15H,5-6,9-11H2,1-4H3,(H,18,19). The lowest BCUT2D eigenvalue weighted by atomic mass is 9.99. The van der Waals surface area contributed by atoms with Crippen molar-refractivity contribution in [2.45, 2.75) is 40.0 Å². The van der Waals surface area contributed by atoms with E-state index in [1.807, 2.05) is 19.9 Å². The fraction of sp³-hybridized carbons (Fsp3) is 0.625. The van der Waals surface area contributed by atoms with Crippen molar-refractivity contribution in [1.82, 2.24) is 0 Å². The molecule has 21 heavy (non-hydrogen) atoms. The van der Waals surface area contributed by atoms with Gasteiger partial charge in [0.05, 0.1) is 6.61 Å². The van der Waals surface area contributed by atoms with Crippen LogP contribution in [-0.2, 0) is 19.1 Å². The van der Waals surface area contributed by atoms with Crippen LogP contribution in [0.25, 0.3) is 0 Å². The van der Waals surface area contributed by atoms with Crippen LogP contribution in [0, 0.1) is 5.92 Å². The third kappa shape index (κ3) is 9.98. The number of allylic oxidation sites excluding steroid dienone is 3. The van der Waals surface area contributed by atoms with Crippen molar-refractivity contribution < 1.29 is 24.2 Å². The topological polar surface area (TPSA) is 72.8 Å². The zero-order valence-electron chi connectivity index (χ0n) is 13.3. The number of carbonyl (C=O) groups excluding carboxylic acids is 1. The summed E-state index contributed by atoms with van der Waals surface area (Å²) in [6, 6.07) is 0. The van der Waals surface area contributed by atoms with E-state index in [4.69, 9.17) is 14.6 Å². The molecular weight excluding hydrogens is 272 g/mol. The number of Topliss-reactive ketones (excluding diaryl/α,β-unsaturated/α-hetero) is 1. The number of hydrogen-bond acceptors (Lipinski definition) is 4. The molecule has 5 heteroatoms. The number of ether oxygens (including phenoxy) is 2. The molecule has 0 spiro atoms. The quantitative estimate of drug-likeness (QED) is 0.275. The van der Waals surface area contributed by atoms with Gasteiger partial charge in [-0.2, -0.15) is 0 Å². The Morgan fingerprint density at radius 1 is 1.14 bits per heavy atom. The van der Waals surface area contributed by atoms with Crippen molar-refractivity contribution in [3.63, 3.8) is 0 Å². The minimum absolute atomic E-state index is 0.260. The van der Waals surface area contributed by atoms with E-state index in [1.54, 1.807) is 7.11 Å². The van der Waals surface area contributed by atoms with Gasteiger partial charge in [-0.3, -0.25) is 9.59 Å². The Bertz CT molecular complexity index is 381. The van der Waals surface area contributed by atoms with Gasteiger partial charge in [-0.1, -0.05) is 23.3 Å². The molecule has 0 saturated carbocycles. The summed E-state index contributed by atoms with van der Waals surface area (Å²) < 4.78 is 10.0. The Morgan fingerprint density at radius 2 is 1.81 bits per heavy atom. The first kappa shape index (κ1) is 19.5. The molecule has 1 atom stereocenters. The molecule has 0 saturated heterocycles. The van der Waals surface area contributed by atoms with Gasteiger partial charge >= 0.3 is 5.97 Å². The average Bonchev–Trinajstić information content (AvgIpc) is 2.38. The minimum Gasteiger partial charge on any atom is -0.481 e. The molecule has 5 nitrogen and oxygen atoms in total. The number of carboxylic acids is 1. The fourth-order valence-corrected chi connectivity index (χ4v) is 1.75. The molecular formula is C16H26O5. The van der Waals surface area contributed by atoms with Gasteiger partial charge in [0.1, 0.15) is 18.5 Å². The lowest BCUT2D eigenvalue weighted by molar-refractivity contribution is -0.145. The molecule has 0 aromatic carbocycles. The largest absolute Gasteiger partial charge is 0.481 e. The number of ketones is 1. The Kier molecular flexibility index (Phi) is 10.4. The highest BCUT2D eigenvalue weighted by molar-refractivity contribution is 5.96. The molecule has 1 unspecified atom stereocenters. The summed E-state index contributed by atoms with van der Waals surface area (Å²) in [4.78, 5) is 22.1. The molecule has 0 aromatic heterocycles. The second-order valence-corrected chi connectivity index (χ2v) is 5.13. The van der Waals surface area contributed by atoms with Gasteiger partial charge in [0.25, 0.3) is 0 Å². The van der Waals surface area contributed by atoms with Gasteiger partial charge in [-0.15, -0.1) is 0 Å². The SMILES string of the molecule is COCOCC(C)=CCCC(C)=CCC(C(C)=O)C(=O)O. The maximum Gasteiger partial charge on any atom is 0.314 e. The second kappa shape index (κ2) is 11.2. The minimum atomic E-state index is -1.06. The van der Waals surface area contributed by atoms with Crippen molar-refractivity contribution in [3.8, 4) is 0 Å². The summed E-state index contributed by atoms with van der Waals surface area (Å²) in [6.45, 7) is 6.08. The first-order valence-corrected chi connectivity index (χ1v) is 6.99. The lowest BCUT2D eigenvalue weighted by Crippen LogP contribution is -2.20. The Morgan fingerprint density at radius 3 is 2.33 bits per heavy atom. The lowest BCUT2D eigenvalue weighted by Gasteiger charge is -2.06. The van der Waals surface area contributed by atoms with Crippen molar-refractivity contribution in [3.05, 3.63) is 23.3 Å². The first-order valence-electron chi connectivity index (χ1n) is 6.99. The Labute approximate surface area is 126 Å². The highest BCUT2D eigenvalue weighted by atomic mass is 16.7. The summed E-state index contributed by atoms with van der Waals surface area (Å²) >= 11 is 0. The van der Waals surface area contributed by atoms with Crippen molar-refractivity contribution >= 4 is 11.8 Å². The summed E-state index contributed by atoms with van der Waals surface area (Å²) in [5.74, 6) is -2.30. The number of carboxylic acid groups (broad SMARTS) is 1. The van der Waals surface area contributed by atoms with Gasteiger partial charge in [0, 0.05) is 7.11 Å². The van der Waals surface area contributed by atoms with Gasteiger partial charge < -0.3 is 14.6 Å². The van der Waals surface area contributed by atoms with Crippen LogP contribution < -0.4 is 0 Å². The van der Waals surface area contributed by atoms with Crippen molar-refractivity contribution in [2.75, 3.05) is 20.5 Å². The van der Waals surface area contributed by atoms with Crippen molar-refractivity contribution in [2.24, 2.45) is 5.92 Å². The van der Waals surface area contributed by atoms with Crippen LogP contribution in [0.5, 0.6) is 0 Å². The van der Waals surface area contributed by atoms with Crippen molar-refractivity contribution in [1.29, 1.82) is 0 Å². The van der Waals surface area contributed by atoms with E-state index >= 15 is 0 Å². The molecule has 0 rings (SSSR count). The highest BCUT2D eigenvalue weighted by Crippen LogP contribution is 2.12. The number of methoxy groups -OCH3 is 1. The summed E-state index contributed by atoms with van der Waals surface area (Å²) in [6.07, 6.45) is 5.89. The van der Waals surface area contributed by atoms with Crippen LogP contribution in [-0.4, -0.2) is 37.4 Å². The zero-order chi connectivity index (χ0) is 16.3. The molecule has 0 amide bonds. The highest BCUT2D eigenvalue weighted by Gasteiger charge is 2.20. The Balaban J connectivity index is 4.15.